The molecule has 3 heteroatoms. The van der Waals surface area contributed by atoms with Crippen molar-refractivity contribution in [1.82, 2.24) is 0 Å². The van der Waals surface area contributed by atoms with Crippen LogP contribution in [0, 0.1) is 0 Å². The number of halogens is 1. The van der Waals surface area contributed by atoms with Crippen LogP contribution in [-0.2, 0) is 6.61 Å². The highest BCUT2D eigenvalue weighted by molar-refractivity contribution is 6.32. The summed E-state index contributed by atoms with van der Waals surface area (Å²) in [7, 11) is 0. The van der Waals surface area contributed by atoms with Crippen LogP contribution in [0.3, 0.4) is 0 Å². The SMILES string of the molecule is CCCCCCCCCOc1ccc(CO)cc1Cl. The highest BCUT2D eigenvalue weighted by atomic mass is 35.5. The predicted molar refractivity (Wildman–Crippen MR) is 80.9 cm³/mol. The standard InChI is InChI=1S/C16H25ClO2/c1-2-3-4-5-6-7-8-11-19-16-10-9-14(13-18)12-15(16)17/h9-10,12,18H,2-8,11,13H2,1H3. The number of hydrogen-bond acceptors (Lipinski definition) is 2. The van der Waals surface area contributed by atoms with Gasteiger partial charge in [0.1, 0.15) is 5.75 Å². The Morgan fingerprint density at radius 1 is 1.05 bits per heavy atom. The summed E-state index contributed by atoms with van der Waals surface area (Å²) in [6.07, 6.45) is 8.92. The molecule has 1 N–H and O–H groups in total. The van der Waals surface area contributed by atoms with Crippen molar-refractivity contribution in [2.24, 2.45) is 0 Å². The Balaban J connectivity index is 2.12. The zero-order valence-electron chi connectivity index (χ0n) is 11.8. The third-order valence-corrected chi connectivity index (χ3v) is 3.48. The van der Waals surface area contributed by atoms with E-state index in [1.807, 2.05) is 12.1 Å². The van der Waals surface area contributed by atoms with Gasteiger partial charge in [-0.05, 0) is 24.1 Å². The van der Waals surface area contributed by atoms with Crippen molar-refractivity contribution in [2.45, 2.75) is 58.5 Å². The molecule has 0 saturated heterocycles. The molecule has 0 bridgehead atoms. The largest absolute Gasteiger partial charge is 0.492 e. The fourth-order valence-electron chi connectivity index (χ4n) is 2.00. The first-order valence-corrected chi connectivity index (χ1v) is 7.67. The Labute approximate surface area is 121 Å². The van der Waals surface area contributed by atoms with Crippen LogP contribution in [0.1, 0.15) is 57.4 Å². The lowest BCUT2D eigenvalue weighted by molar-refractivity contribution is 0.281. The average molecular weight is 285 g/mol. The van der Waals surface area contributed by atoms with Crippen molar-refractivity contribution in [3.05, 3.63) is 28.8 Å². The van der Waals surface area contributed by atoms with Crippen molar-refractivity contribution in [1.29, 1.82) is 0 Å². The molecule has 0 atom stereocenters. The highest BCUT2D eigenvalue weighted by Crippen LogP contribution is 2.25. The van der Waals surface area contributed by atoms with Crippen LogP contribution in [0.25, 0.3) is 0 Å². The van der Waals surface area contributed by atoms with Gasteiger partial charge in [-0.25, -0.2) is 0 Å². The summed E-state index contributed by atoms with van der Waals surface area (Å²) in [4.78, 5) is 0. The Bertz CT molecular complexity index is 353. The minimum Gasteiger partial charge on any atom is -0.492 e. The Hall–Kier alpha value is -0.730. The summed E-state index contributed by atoms with van der Waals surface area (Å²) in [6.45, 7) is 2.96. The van der Waals surface area contributed by atoms with E-state index in [4.69, 9.17) is 21.4 Å². The molecule has 19 heavy (non-hydrogen) atoms. The maximum atomic E-state index is 8.99. The topological polar surface area (TPSA) is 29.5 Å². The molecule has 0 aliphatic rings. The lowest BCUT2D eigenvalue weighted by Gasteiger charge is -2.09. The molecule has 0 radical (unpaired) electrons. The van der Waals surface area contributed by atoms with E-state index in [1.54, 1.807) is 6.07 Å². The van der Waals surface area contributed by atoms with E-state index in [9.17, 15) is 0 Å². The fourth-order valence-corrected chi connectivity index (χ4v) is 2.26. The number of unbranched alkanes of at least 4 members (excludes halogenated alkanes) is 6. The third-order valence-electron chi connectivity index (χ3n) is 3.18. The summed E-state index contributed by atoms with van der Waals surface area (Å²) < 4.78 is 5.65. The van der Waals surface area contributed by atoms with Crippen LogP contribution in [0.5, 0.6) is 5.75 Å². The number of aliphatic hydroxyl groups is 1. The normalized spacial score (nSPS) is 10.7. The molecule has 108 valence electrons. The first kappa shape index (κ1) is 16.3. The Morgan fingerprint density at radius 2 is 1.74 bits per heavy atom. The molecule has 0 fully saturated rings. The molecule has 0 spiro atoms. The summed E-state index contributed by atoms with van der Waals surface area (Å²) in [5, 5.41) is 9.57. The van der Waals surface area contributed by atoms with Gasteiger partial charge in [-0.3, -0.25) is 0 Å². The molecule has 0 saturated carbocycles. The molecular formula is C16H25ClO2. The van der Waals surface area contributed by atoms with E-state index in [0.29, 0.717) is 17.4 Å². The van der Waals surface area contributed by atoms with E-state index in [0.717, 1.165) is 12.0 Å². The zero-order valence-corrected chi connectivity index (χ0v) is 12.6. The number of hydrogen-bond donors (Lipinski definition) is 1. The summed E-state index contributed by atoms with van der Waals surface area (Å²) in [5.74, 6) is 0.713. The van der Waals surface area contributed by atoms with Crippen molar-refractivity contribution < 1.29 is 9.84 Å². The minimum absolute atomic E-state index is 0.0117. The molecule has 0 unspecified atom stereocenters. The smallest absolute Gasteiger partial charge is 0.137 e. The third kappa shape index (κ3) is 6.84. The van der Waals surface area contributed by atoms with Crippen molar-refractivity contribution in [3.8, 4) is 5.75 Å². The molecule has 1 rings (SSSR count). The van der Waals surface area contributed by atoms with Gasteiger partial charge in [0, 0.05) is 0 Å². The van der Waals surface area contributed by atoms with Crippen LogP contribution in [0.15, 0.2) is 18.2 Å². The molecule has 0 aromatic heterocycles. The van der Waals surface area contributed by atoms with E-state index < -0.39 is 0 Å². The van der Waals surface area contributed by atoms with Gasteiger partial charge in [0.25, 0.3) is 0 Å². The van der Waals surface area contributed by atoms with Gasteiger partial charge in [0.15, 0.2) is 0 Å². The van der Waals surface area contributed by atoms with Crippen LogP contribution >= 0.6 is 11.6 Å². The van der Waals surface area contributed by atoms with E-state index in [-0.39, 0.29) is 6.61 Å². The quantitative estimate of drug-likeness (QED) is 0.615. The molecule has 2 nitrogen and oxygen atoms in total. The van der Waals surface area contributed by atoms with E-state index >= 15 is 0 Å². The van der Waals surface area contributed by atoms with Gasteiger partial charge in [-0.2, -0.15) is 0 Å². The maximum Gasteiger partial charge on any atom is 0.137 e. The molecule has 1 aromatic carbocycles. The van der Waals surface area contributed by atoms with Crippen molar-refractivity contribution >= 4 is 11.6 Å². The van der Waals surface area contributed by atoms with Crippen molar-refractivity contribution in [2.75, 3.05) is 6.61 Å². The zero-order chi connectivity index (χ0) is 13.9. The second-order valence-corrected chi connectivity index (χ2v) is 5.30. The number of ether oxygens (including phenoxy) is 1. The second kappa shape index (κ2) is 10.1. The van der Waals surface area contributed by atoms with Gasteiger partial charge >= 0.3 is 0 Å². The monoisotopic (exact) mass is 284 g/mol. The Morgan fingerprint density at radius 3 is 2.37 bits per heavy atom. The Kier molecular flexibility index (Phi) is 8.68. The fraction of sp³-hybridized carbons (Fsp3) is 0.625. The van der Waals surface area contributed by atoms with E-state index in [2.05, 4.69) is 6.92 Å². The van der Waals surface area contributed by atoms with Crippen LogP contribution in [0.4, 0.5) is 0 Å². The number of aliphatic hydroxyl groups excluding tert-OH is 1. The average Bonchev–Trinajstić information content (AvgIpc) is 2.43. The van der Waals surface area contributed by atoms with Gasteiger partial charge in [0.2, 0.25) is 0 Å². The summed E-state index contributed by atoms with van der Waals surface area (Å²) in [5.41, 5.74) is 0.813. The molecule has 0 aliphatic heterocycles. The van der Waals surface area contributed by atoms with Crippen LogP contribution in [0.2, 0.25) is 5.02 Å². The predicted octanol–water partition coefficient (Wildman–Crippen LogP) is 4.96. The molecule has 0 heterocycles. The number of benzene rings is 1. The van der Waals surface area contributed by atoms with Crippen LogP contribution in [-0.4, -0.2) is 11.7 Å². The summed E-state index contributed by atoms with van der Waals surface area (Å²) >= 11 is 6.07. The summed E-state index contributed by atoms with van der Waals surface area (Å²) in [6, 6.07) is 5.42. The maximum absolute atomic E-state index is 8.99. The minimum atomic E-state index is 0.0117. The highest BCUT2D eigenvalue weighted by Gasteiger charge is 2.02. The second-order valence-electron chi connectivity index (χ2n) is 4.89. The molecule has 0 aliphatic carbocycles. The van der Waals surface area contributed by atoms with Crippen molar-refractivity contribution in [3.63, 3.8) is 0 Å². The van der Waals surface area contributed by atoms with Gasteiger partial charge < -0.3 is 9.84 Å². The lowest BCUT2D eigenvalue weighted by Crippen LogP contribution is -1.98. The van der Waals surface area contributed by atoms with Gasteiger partial charge in [-0.15, -0.1) is 0 Å². The lowest BCUT2D eigenvalue weighted by atomic mass is 10.1. The molecule has 0 amide bonds. The van der Waals surface area contributed by atoms with E-state index in [1.165, 1.54) is 38.5 Å². The first-order valence-electron chi connectivity index (χ1n) is 7.30. The van der Waals surface area contributed by atoms with Gasteiger partial charge in [-0.1, -0.05) is 63.1 Å². The number of rotatable bonds is 10. The molecular weight excluding hydrogens is 260 g/mol. The van der Waals surface area contributed by atoms with Gasteiger partial charge in [0.05, 0.1) is 18.2 Å². The molecule has 1 aromatic rings. The van der Waals surface area contributed by atoms with Crippen LogP contribution < -0.4 is 4.74 Å². The first-order chi connectivity index (χ1) is 9.27.